The summed E-state index contributed by atoms with van der Waals surface area (Å²) in [6, 6.07) is 0.687. The molecule has 0 rings (SSSR count). The summed E-state index contributed by atoms with van der Waals surface area (Å²) < 4.78 is 0. The molecule has 0 aliphatic heterocycles. The summed E-state index contributed by atoms with van der Waals surface area (Å²) in [6.45, 7) is 10.6. The van der Waals surface area contributed by atoms with E-state index in [-0.39, 0.29) is 0 Å². The Bertz CT molecular complexity index is 208. The van der Waals surface area contributed by atoms with Crippen molar-refractivity contribution in [2.75, 3.05) is 13.6 Å². The highest BCUT2D eigenvalue weighted by molar-refractivity contribution is 4.67. The highest BCUT2D eigenvalue weighted by Crippen LogP contribution is 2.20. The fraction of sp³-hybridized carbons (Fsp3) is 1.00. The summed E-state index contributed by atoms with van der Waals surface area (Å²) in [4.78, 5) is 2.55. The second-order valence-electron chi connectivity index (χ2n) is 8.01. The number of nitrogens with zero attached hydrogens (tertiary/aromatic N) is 1. The van der Waals surface area contributed by atoms with Crippen LogP contribution in [-0.4, -0.2) is 24.5 Å². The average Bonchev–Trinajstić information content (AvgIpc) is 2.53. The smallest absolute Gasteiger partial charge is 0.00356 e. The number of unbranched alkanes of at least 4 members (excludes halogenated alkanes) is 10. The third-order valence-corrected chi connectivity index (χ3v) is 5.36. The lowest BCUT2D eigenvalue weighted by molar-refractivity contribution is 0.212. The van der Waals surface area contributed by atoms with Gasteiger partial charge in [-0.1, -0.05) is 90.9 Å². The fourth-order valence-corrected chi connectivity index (χ4v) is 3.37. The van der Waals surface area contributed by atoms with E-state index < -0.39 is 0 Å². The van der Waals surface area contributed by atoms with Crippen molar-refractivity contribution in [2.24, 2.45) is 5.92 Å². The van der Waals surface area contributed by atoms with Gasteiger partial charge in [0.05, 0.1) is 0 Å². The van der Waals surface area contributed by atoms with Crippen molar-refractivity contribution in [3.8, 4) is 0 Å². The lowest BCUT2D eigenvalue weighted by Gasteiger charge is -2.27. The number of hydrogen-bond donors (Lipinski definition) is 0. The molecule has 140 valence electrons. The van der Waals surface area contributed by atoms with E-state index in [9.17, 15) is 0 Å². The Morgan fingerprint density at radius 2 is 1.00 bits per heavy atom. The van der Waals surface area contributed by atoms with Crippen LogP contribution in [-0.2, 0) is 0 Å². The van der Waals surface area contributed by atoms with E-state index in [1.165, 1.54) is 96.4 Å². The van der Waals surface area contributed by atoms with Crippen LogP contribution < -0.4 is 0 Å². The van der Waals surface area contributed by atoms with Crippen LogP contribution in [0.1, 0.15) is 118 Å². The first-order chi connectivity index (χ1) is 11.1. The Morgan fingerprint density at radius 3 is 1.39 bits per heavy atom. The molecule has 1 nitrogen and oxygen atoms in total. The molecule has 0 aliphatic rings. The second kappa shape index (κ2) is 16.8. The molecule has 0 radical (unpaired) electrons. The Balaban J connectivity index is 3.89. The fourth-order valence-electron chi connectivity index (χ4n) is 3.37. The Kier molecular flexibility index (Phi) is 16.8. The first kappa shape index (κ1) is 23.0. The van der Waals surface area contributed by atoms with E-state index in [1.807, 2.05) is 0 Å². The molecule has 1 heteroatoms. The van der Waals surface area contributed by atoms with Crippen LogP contribution in [0.5, 0.6) is 0 Å². The topological polar surface area (TPSA) is 3.24 Å². The summed E-state index contributed by atoms with van der Waals surface area (Å²) >= 11 is 0. The van der Waals surface area contributed by atoms with Gasteiger partial charge in [-0.3, -0.25) is 0 Å². The van der Waals surface area contributed by atoms with Gasteiger partial charge in [0.1, 0.15) is 0 Å². The van der Waals surface area contributed by atoms with Crippen molar-refractivity contribution in [3.05, 3.63) is 0 Å². The molecule has 0 N–H and O–H groups in total. The monoisotopic (exact) mass is 325 g/mol. The van der Waals surface area contributed by atoms with Crippen LogP contribution in [0.2, 0.25) is 0 Å². The number of rotatable bonds is 17. The third kappa shape index (κ3) is 15.2. The zero-order chi connectivity index (χ0) is 17.3. The summed E-state index contributed by atoms with van der Waals surface area (Å²) in [5.74, 6) is 0.930. The maximum absolute atomic E-state index is 2.55. The molecule has 23 heavy (non-hydrogen) atoms. The normalized spacial score (nSPS) is 12.0. The Morgan fingerprint density at radius 1 is 0.609 bits per heavy atom. The Hall–Kier alpha value is -0.0400. The van der Waals surface area contributed by atoms with Crippen molar-refractivity contribution in [1.29, 1.82) is 0 Å². The first-order valence-electron chi connectivity index (χ1n) is 10.8. The van der Waals surface area contributed by atoms with Gasteiger partial charge in [-0.15, -0.1) is 0 Å². The zero-order valence-electron chi connectivity index (χ0n) is 17.2. The molecular formula is C22H47N. The minimum atomic E-state index is 0.687. The maximum atomic E-state index is 2.55. The van der Waals surface area contributed by atoms with E-state index in [1.54, 1.807) is 0 Å². The molecule has 0 saturated heterocycles. The molecule has 0 aromatic rings. The van der Waals surface area contributed by atoms with Gasteiger partial charge >= 0.3 is 0 Å². The van der Waals surface area contributed by atoms with Gasteiger partial charge in [0, 0.05) is 12.6 Å². The first-order valence-corrected chi connectivity index (χ1v) is 10.8. The van der Waals surface area contributed by atoms with Gasteiger partial charge in [-0.2, -0.15) is 0 Å². The molecule has 0 aliphatic carbocycles. The van der Waals surface area contributed by atoms with Crippen LogP contribution in [0.3, 0.4) is 0 Å². The standard InChI is InChI=1S/C22H47N/c1-6-8-10-12-14-16-18-22(20-23(5)21(3)4)19-17-15-13-11-9-7-2/h21-22H,6-20H2,1-5H3. The predicted molar refractivity (Wildman–Crippen MR) is 107 cm³/mol. The van der Waals surface area contributed by atoms with Crippen LogP contribution in [0.25, 0.3) is 0 Å². The molecular weight excluding hydrogens is 278 g/mol. The second-order valence-corrected chi connectivity index (χ2v) is 8.01. The van der Waals surface area contributed by atoms with Gasteiger partial charge in [0.2, 0.25) is 0 Å². The molecule has 0 amide bonds. The predicted octanol–water partition coefficient (Wildman–Crippen LogP) is 7.44. The summed E-state index contributed by atoms with van der Waals surface area (Å²) in [7, 11) is 2.31. The van der Waals surface area contributed by atoms with Crippen LogP contribution >= 0.6 is 0 Å². The Labute approximate surface area is 148 Å². The molecule has 0 heterocycles. The molecule has 0 saturated carbocycles. The van der Waals surface area contributed by atoms with Crippen molar-refractivity contribution in [1.82, 2.24) is 4.90 Å². The lowest BCUT2D eigenvalue weighted by atomic mass is 9.93. The molecule has 0 aromatic heterocycles. The summed E-state index contributed by atoms with van der Waals surface area (Å²) in [5, 5.41) is 0. The largest absolute Gasteiger partial charge is 0.304 e. The minimum Gasteiger partial charge on any atom is -0.304 e. The quantitative estimate of drug-likeness (QED) is 0.251. The van der Waals surface area contributed by atoms with E-state index in [0.717, 1.165) is 5.92 Å². The van der Waals surface area contributed by atoms with E-state index in [2.05, 4.69) is 39.6 Å². The van der Waals surface area contributed by atoms with Gasteiger partial charge in [-0.25, -0.2) is 0 Å². The van der Waals surface area contributed by atoms with Crippen molar-refractivity contribution < 1.29 is 0 Å². The van der Waals surface area contributed by atoms with Gasteiger partial charge in [0.25, 0.3) is 0 Å². The van der Waals surface area contributed by atoms with Gasteiger partial charge < -0.3 is 4.90 Å². The molecule has 0 fully saturated rings. The molecule has 0 unspecified atom stereocenters. The SMILES string of the molecule is CCCCCCCCC(CCCCCCCC)CN(C)C(C)C. The van der Waals surface area contributed by atoms with Crippen LogP contribution in [0.15, 0.2) is 0 Å². The molecule has 0 atom stereocenters. The highest BCUT2D eigenvalue weighted by Gasteiger charge is 2.13. The van der Waals surface area contributed by atoms with E-state index in [0.29, 0.717) is 6.04 Å². The maximum Gasteiger partial charge on any atom is 0.00356 e. The van der Waals surface area contributed by atoms with Crippen LogP contribution in [0, 0.1) is 5.92 Å². The number of hydrogen-bond acceptors (Lipinski definition) is 1. The zero-order valence-corrected chi connectivity index (χ0v) is 17.2. The molecule has 0 aromatic carbocycles. The summed E-state index contributed by atoms with van der Waals surface area (Å²) in [6.07, 6.45) is 20.1. The van der Waals surface area contributed by atoms with Crippen molar-refractivity contribution in [2.45, 2.75) is 124 Å². The van der Waals surface area contributed by atoms with Crippen molar-refractivity contribution in [3.63, 3.8) is 0 Å². The minimum absolute atomic E-state index is 0.687. The molecule has 0 spiro atoms. The molecule has 0 bridgehead atoms. The highest BCUT2D eigenvalue weighted by atomic mass is 15.1. The van der Waals surface area contributed by atoms with Gasteiger partial charge in [0.15, 0.2) is 0 Å². The van der Waals surface area contributed by atoms with E-state index in [4.69, 9.17) is 0 Å². The lowest BCUT2D eigenvalue weighted by Crippen LogP contribution is -2.31. The van der Waals surface area contributed by atoms with Gasteiger partial charge in [-0.05, 0) is 39.7 Å². The summed E-state index contributed by atoms with van der Waals surface area (Å²) in [5.41, 5.74) is 0. The third-order valence-electron chi connectivity index (χ3n) is 5.36. The van der Waals surface area contributed by atoms with E-state index >= 15 is 0 Å². The van der Waals surface area contributed by atoms with Crippen molar-refractivity contribution >= 4 is 0 Å². The van der Waals surface area contributed by atoms with Crippen LogP contribution in [0.4, 0.5) is 0 Å². The average molecular weight is 326 g/mol.